The van der Waals surface area contributed by atoms with Gasteiger partial charge in [0.05, 0.1) is 5.54 Å². The van der Waals surface area contributed by atoms with Crippen molar-refractivity contribution < 1.29 is 9.63 Å². The van der Waals surface area contributed by atoms with Crippen LogP contribution >= 0.6 is 23.2 Å². The summed E-state index contributed by atoms with van der Waals surface area (Å²) in [5.74, 6) is -0.216. The van der Waals surface area contributed by atoms with Crippen LogP contribution in [0.1, 0.15) is 27.2 Å². The van der Waals surface area contributed by atoms with Crippen LogP contribution in [0.5, 0.6) is 0 Å². The average Bonchev–Trinajstić information content (AvgIpc) is 2.52. The van der Waals surface area contributed by atoms with Gasteiger partial charge in [-0.1, -0.05) is 23.2 Å². The predicted octanol–water partition coefficient (Wildman–Crippen LogP) is 1.92. The number of carbonyl (C=O) groups excluding carboxylic acids is 1. The minimum absolute atomic E-state index is 0.216. The largest absolute Gasteiger partial charge is 0.293 e. The van der Waals surface area contributed by atoms with Crippen molar-refractivity contribution in [2.75, 3.05) is 0 Å². The Morgan fingerprint density at radius 1 is 1.57 bits per heavy atom. The second-order valence-electron chi connectivity index (χ2n) is 4.52. The van der Waals surface area contributed by atoms with E-state index in [0.717, 1.165) is 0 Å². The van der Waals surface area contributed by atoms with Crippen molar-refractivity contribution in [2.24, 2.45) is 0 Å². The van der Waals surface area contributed by atoms with Crippen molar-refractivity contribution in [2.45, 2.75) is 49.2 Å². The Bertz CT molecular complexity index is 293. The number of rotatable bonds is 2. The third kappa shape index (κ3) is 0.990. The van der Waals surface area contributed by atoms with E-state index >= 15 is 0 Å². The molecule has 0 aromatic heterocycles. The van der Waals surface area contributed by atoms with E-state index in [-0.39, 0.29) is 17.4 Å². The lowest BCUT2D eigenvalue weighted by Gasteiger charge is -2.54. The zero-order valence-electron chi connectivity index (χ0n) is 8.38. The van der Waals surface area contributed by atoms with Gasteiger partial charge in [0.25, 0.3) is 0 Å². The third-order valence-electron chi connectivity index (χ3n) is 3.37. The molecular formula is C9H13Cl2NO2. The fourth-order valence-corrected chi connectivity index (χ4v) is 2.94. The van der Waals surface area contributed by atoms with Crippen molar-refractivity contribution >= 4 is 29.0 Å². The van der Waals surface area contributed by atoms with Gasteiger partial charge < -0.3 is 0 Å². The van der Waals surface area contributed by atoms with Crippen LogP contribution < -0.4 is 0 Å². The van der Waals surface area contributed by atoms with E-state index in [4.69, 9.17) is 28.0 Å². The first-order valence-electron chi connectivity index (χ1n) is 4.64. The molecule has 0 radical (unpaired) electrons. The molecule has 3 aliphatic rings. The van der Waals surface area contributed by atoms with Gasteiger partial charge in [0.2, 0.25) is 5.78 Å². The fourth-order valence-electron chi connectivity index (χ4n) is 2.58. The minimum atomic E-state index is -0.998. The Kier molecular flexibility index (Phi) is 2.17. The van der Waals surface area contributed by atoms with Crippen LogP contribution in [-0.2, 0) is 9.63 Å². The second-order valence-corrected chi connectivity index (χ2v) is 5.62. The van der Waals surface area contributed by atoms with Crippen LogP contribution in [0.4, 0.5) is 0 Å². The highest BCUT2D eigenvalue weighted by atomic mass is 35.5. The molecule has 0 amide bonds. The van der Waals surface area contributed by atoms with Gasteiger partial charge in [0.15, 0.2) is 10.4 Å². The first kappa shape index (κ1) is 10.7. The zero-order valence-corrected chi connectivity index (χ0v) is 9.89. The van der Waals surface area contributed by atoms with Crippen LogP contribution in [0.25, 0.3) is 0 Å². The molecule has 2 bridgehead atoms. The Morgan fingerprint density at radius 2 is 2.14 bits per heavy atom. The maximum absolute atomic E-state index is 11.9. The molecule has 3 fully saturated rings. The predicted molar refractivity (Wildman–Crippen MR) is 54.3 cm³/mol. The molecule has 0 N–H and O–H groups in total. The van der Waals surface area contributed by atoms with Crippen LogP contribution in [0.3, 0.4) is 0 Å². The molecule has 3 unspecified atom stereocenters. The Balaban J connectivity index is 2.31. The highest BCUT2D eigenvalue weighted by molar-refractivity contribution is 6.54. The number of halogens is 2. The zero-order chi connectivity index (χ0) is 10.7. The summed E-state index contributed by atoms with van der Waals surface area (Å²) in [5.41, 5.74) is -1.08. The maximum atomic E-state index is 11.9. The SMILES string of the molecule is CC1CC2(C(=O)C(Cl)Cl)ON1C2(C)C. The smallest absolute Gasteiger partial charge is 0.201 e. The molecule has 3 aliphatic heterocycles. The number of nitrogens with zero attached hydrogens (tertiary/aromatic N) is 1. The van der Waals surface area contributed by atoms with Crippen molar-refractivity contribution in [3.63, 3.8) is 0 Å². The van der Waals surface area contributed by atoms with Crippen molar-refractivity contribution in [1.82, 2.24) is 5.06 Å². The van der Waals surface area contributed by atoms with Crippen molar-refractivity contribution in [3.05, 3.63) is 0 Å². The summed E-state index contributed by atoms with van der Waals surface area (Å²) in [6.07, 6.45) is 0.675. The van der Waals surface area contributed by atoms with Crippen LogP contribution in [0.2, 0.25) is 0 Å². The monoisotopic (exact) mass is 237 g/mol. The summed E-state index contributed by atoms with van der Waals surface area (Å²) in [4.78, 5) is 16.4. The summed E-state index contributed by atoms with van der Waals surface area (Å²) in [7, 11) is 0. The third-order valence-corrected chi connectivity index (χ3v) is 3.77. The van der Waals surface area contributed by atoms with Gasteiger partial charge in [-0.3, -0.25) is 9.63 Å². The molecule has 3 heterocycles. The molecule has 5 heteroatoms. The molecular weight excluding hydrogens is 225 g/mol. The lowest BCUT2D eigenvalue weighted by molar-refractivity contribution is -0.369. The fraction of sp³-hybridized carbons (Fsp3) is 0.889. The highest BCUT2D eigenvalue weighted by Crippen LogP contribution is 2.56. The number of fused-ring (bicyclic) bond motifs is 1. The molecule has 14 heavy (non-hydrogen) atoms. The topological polar surface area (TPSA) is 29.5 Å². The standard InChI is InChI=1S/C9H13Cl2NO2/c1-5-4-9(6(13)7(10)11)8(2,3)12(5)14-9/h5,7H,4H2,1-3H3. The van der Waals surface area contributed by atoms with E-state index in [1.54, 1.807) is 0 Å². The normalized spacial score (nSPS) is 43.9. The molecule has 0 spiro atoms. The van der Waals surface area contributed by atoms with E-state index in [2.05, 4.69) is 0 Å². The summed E-state index contributed by atoms with van der Waals surface area (Å²) in [6.45, 7) is 5.99. The molecule has 3 atom stereocenters. The molecule has 0 aromatic carbocycles. The summed E-state index contributed by atoms with van der Waals surface area (Å²) >= 11 is 11.2. The van der Waals surface area contributed by atoms with E-state index in [0.29, 0.717) is 6.42 Å². The number of alkyl halides is 2. The van der Waals surface area contributed by atoms with E-state index < -0.39 is 10.4 Å². The first-order valence-corrected chi connectivity index (χ1v) is 5.51. The van der Waals surface area contributed by atoms with Gasteiger partial charge >= 0.3 is 0 Å². The van der Waals surface area contributed by atoms with E-state index in [9.17, 15) is 4.79 Å². The Labute approximate surface area is 93.2 Å². The number of carbonyl (C=O) groups is 1. The van der Waals surface area contributed by atoms with Crippen molar-refractivity contribution in [1.29, 1.82) is 0 Å². The summed E-state index contributed by atoms with van der Waals surface area (Å²) in [6, 6.07) is 0.251. The number of ketones is 1. The van der Waals surface area contributed by atoms with Gasteiger partial charge in [-0.25, -0.2) is 0 Å². The first-order chi connectivity index (χ1) is 6.33. The number of hydrogen-bond acceptors (Lipinski definition) is 3. The average molecular weight is 238 g/mol. The molecule has 3 rings (SSSR count). The highest BCUT2D eigenvalue weighted by Gasteiger charge is 2.73. The van der Waals surface area contributed by atoms with Crippen LogP contribution in [0, 0.1) is 0 Å². The minimum Gasteiger partial charge on any atom is -0.293 e. The molecule has 0 saturated carbocycles. The second kappa shape index (κ2) is 2.85. The van der Waals surface area contributed by atoms with Gasteiger partial charge in [0.1, 0.15) is 0 Å². The summed E-state index contributed by atoms with van der Waals surface area (Å²) < 4.78 is 0. The van der Waals surface area contributed by atoms with Gasteiger partial charge in [-0.2, -0.15) is 5.06 Å². The molecule has 3 nitrogen and oxygen atoms in total. The number of hydrogen-bond donors (Lipinski definition) is 0. The van der Waals surface area contributed by atoms with E-state index in [1.807, 2.05) is 25.8 Å². The Hall–Kier alpha value is 0.170. The lowest BCUT2D eigenvalue weighted by Crippen LogP contribution is -2.72. The maximum Gasteiger partial charge on any atom is 0.201 e. The van der Waals surface area contributed by atoms with Crippen molar-refractivity contribution in [3.8, 4) is 0 Å². The number of hydroxylamine groups is 2. The van der Waals surface area contributed by atoms with Gasteiger partial charge in [0, 0.05) is 12.5 Å². The number of Topliss-reactive ketones (excluding diaryl/α,β-unsaturated/α-hetero) is 1. The quantitative estimate of drug-likeness (QED) is 0.688. The van der Waals surface area contributed by atoms with Gasteiger partial charge in [-0.05, 0) is 20.8 Å². The summed E-state index contributed by atoms with van der Waals surface area (Å²) in [5, 5.41) is 1.85. The molecule has 0 aliphatic carbocycles. The van der Waals surface area contributed by atoms with E-state index in [1.165, 1.54) is 0 Å². The Morgan fingerprint density at radius 3 is 2.43 bits per heavy atom. The van der Waals surface area contributed by atoms with Crippen LogP contribution in [0.15, 0.2) is 0 Å². The van der Waals surface area contributed by atoms with Gasteiger partial charge in [-0.15, -0.1) is 0 Å². The van der Waals surface area contributed by atoms with Crippen LogP contribution in [-0.4, -0.2) is 32.9 Å². The lowest BCUT2D eigenvalue weighted by atomic mass is 9.78. The molecule has 3 saturated heterocycles. The molecule has 80 valence electrons. The molecule has 0 aromatic rings.